The van der Waals surface area contributed by atoms with E-state index >= 15 is 0 Å². The van der Waals surface area contributed by atoms with Crippen LogP contribution in [0.4, 0.5) is 4.79 Å². The molecule has 0 aliphatic carbocycles. The number of hydrogen-bond donors (Lipinski definition) is 6. The Bertz CT molecular complexity index is 1310. The zero-order valence-electron chi connectivity index (χ0n) is 24.0. The smallest absolute Gasteiger partial charge is 0.426 e. The summed E-state index contributed by atoms with van der Waals surface area (Å²) in [7, 11) is 1.05. The number of carbonyl (C=O) groups is 7. The third-order valence-electron chi connectivity index (χ3n) is 5.37. The Morgan fingerprint density at radius 2 is 1.42 bits per heavy atom. The number of ether oxygens (including phenoxy) is 2. The van der Waals surface area contributed by atoms with Crippen LogP contribution in [0.5, 0.6) is 0 Å². The van der Waals surface area contributed by atoms with E-state index < -0.39 is 59.3 Å². The summed E-state index contributed by atoms with van der Waals surface area (Å²) in [5.41, 5.74) is 9.34. The minimum Gasteiger partial charge on any atom is -0.462 e. The lowest BCUT2D eigenvalue weighted by Crippen LogP contribution is -2.54. The molecule has 15 heteroatoms. The van der Waals surface area contributed by atoms with Gasteiger partial charge in [0, 0.05) is 12.8 Å². The minimum atomic E-state index is -1.13. The molecule has 1 aliphatic heterocycles. The number of rotatable bonds is 6. The van der Waals surface area contributed by atoms with E-state index in [4.69, 9.17) is 4.74 Å². The highest BCUT2D eigenvalue weighted by Crippen LogP contribution is 2.07. The molecule has 0 unspecified atom stereocenters. The third kappa shape index (κ3) is 12.3. The van der Waals surface area contributed by atoms with Crippen LogP contribution < -0.4 is 32.3 Å². The van der Waals surface area contributed by atoms with E-state index in [0.29, 0.717) is 6.42 Å². The molecule has 6 amide bonds. The Labute approximate surface area is 247 Å². The summed E-state index contributed by atoms with van der Waals surface area (Å²) >= 11 is 0. The predicted molar refractivity (Wildman–Crippen MR) is 150 cm³/mol. The fourth-order valence-corrected chi connectivity index (χ4v) is 3.42. The summed E-state index contributed by atoms with van der Waals surface area (Å²) in [5, 5.41) is 4.63. The number of amides is 6. The van der Waals surface area contributed by atoms with Crippen molar-refractivity contribution < 1.29 is 43.0 Å². The van der Waals surface area contributed by atoms with Crippen molar-refractivity contribution in [1.82, 2.24) is 32.3 Å². The van der Waals surface area contributed by atoms with Crippen molar-refractivity contribution in [1.29, 1.82) is 0 Å². The second-order valence-corrected chi connectivity index (χ2v) is 9.98. The van der Waals surface area contributed by atoms with Crippen LogP contribution in [0.1, 0.15) is 31.9 Å². The maximum absolute atomic E-state index is 12.3. The first-order valence-electron chi connectivity index (χ1n) is 12.9. The normalized spacial score (nSPS) is 15.0. The number of hydrogen-bond acceptors (Lipinski definition) is 9. The Balaban J connectivity index is 0.000000326. The Hall–Kier alpha value is -5.47. The number of carbonyl (C=O) groups excluding carboxylic acids is 7. The summed E-state index contributed by atoms with van der Waals surface area (Å²) in [4.78, 5) is 80.8. The largest absolute Gasteiger partial charge is 0.462 e. The van der Waals surface area contributed by atoms with Crippen LogP contribution in [-0.4, -0.2) is 66.4 Å². The van der Waals surface area contributed by atoms with Crippen molar-refractivity contribution in [2.75, 3.05) is 7.11 Å². The lowest BCUT2D eigenvalue weighted by molar-refractivity contribution is -0.153. The van der Waals surface area contributed by atoms with Crippen LogP contribution in [0.2, 0.25) is 0 Å². The third-order valence-corrected chi connectivity index (χ3v) is 5.37. The molecule has 0 aromatic heterocycles. The molecular formula is C28H34N6O9. The predicted octanol–water partition coefficient (Wildman–Crippen LogP) is -0.682. The summed E-state index contributed by atoms with van der Waals surface area (Å²) < 4.78 is 9.32. The van der Waals surface area contributed by atoms with Gasteiger partial charge in [0.05, 0.1) is 7.11 Å². The van der Waals surface area contributed by atoms with E-state index in [1.165, 1.54) is 0 Å². The Morgan fingerprint density at radius 3 is 1.98 bits per heavy atom. The molecule has 15 nitrogen and oxygen atoms in total. The van der Waals surface area contributed by atoms with Crippen LogP contribution >= 0.6 is 0 Å². The van der Waals surface area contributed by atoms with Crippen LogP contribution in [-0.2, 0) is 51.1 Å². The molecule has 230 valence electrons. The molecule has 2 aromatic rings. The summed E-state index contributed by atoms with van der Waals surface area (Å²) in [5.74, 6) is -5.04. The fourth-order valence-electron chi connectivity index (χ4n) is 3.42. The van der Waals surface area contributed by atoms with Gasteiger partial charge < -0.3 is 20.1 Å². The van der Waals surface area contributed by atoms with E-state index in [1.54, 1.807) is 51.1 Å². The van der Waals surface area contributed by atoms with Crippen molar-refractivity contribution in [3.8, 4) is 0 Å². The molecule has 0 spiro atoms. The van der Waals surface area contributed by atoms with Gasteiger partial charge in [0.15, 0.2) is 0 Å². The van der Waals surface area contributed by atoms with Gasteiger partial charge >= 0.3 is 29.8 Å². The highest BCUT2D eigenvalue weighted by atomic mass is 16.6. The van der Waals surface area contributed by atoms with Crippen molar-refractivity contribution in [3.63, 3.8) is 0 Å². The molecule has 1 fully saturated rings. The second kappa shape index (κ2) is 16.1. The lowest BCUT2D eigenvalue weighted by Gasteiger charge is -2.21. The number of hydrazine groups is 2. The Kier molecular flexibility index (Phi) is 12.6. The van der Waals surface area contributed by atoms with Crippen LogP contribution in [0, 0.1) is 0 Å². The lowest BCUT2D eigenvalue weighted by atomic mass is 10.1. The average Bonchev–Trinajstić information content (AvgIpc) is 3.08. The molecule has 0 saturated carbocycles. The highest BCUT2D eigenvalue weighted by Gasteiger charge is 2.29. The van der Waals surface area contributed by atoms with Gasteiger partial charge in [0.1, 0.15) is 17.7 Å². The topological polar surface area (TPSA) is 210 Å². The standard InChI is InChI=1S/C17H23N3O6.C11H11N3O3/c1-17(2,3)26-16(24)20-19-13(21)12(18-14(22)15(23)25-4)10-11-8-6-5-7-9-11;15-9-8(6-7-4-2-1-3-5-7)12-10(16)11(17)14-13-9/h5-9,12H,10H2,1-4H3,(H,18,22)(H,19,21)(H,20,24);1-5,8H,6H2,(H,12,16)(H,13,15)(H,14,17)/t12-;8-/m00/s1. The van der Waals surface area contributed by atoms with Gasteiger partial charge in [-0.05, 0) is 31.9 Å². The summed E-state index contributed by atoms with van der Waals surface area (Å²) in [6.45, 7) is 5.01. The fraction of sp³-hybridized carbons (Fsp3) is 0.321. The summed E-state index contributed by atoms with van der Waals surface area (Å²) in [6, 6.07) is 16.2. The van der Waals surface area contributed by atoms with Crippen molar-refractivity contribution in [3.05, 3.63) is 71.8 Å². The molecule has 2 aromatic carbocycles. The first kappa shape index (κ1) is 33.7. The van der Waals surface area contributed by atoms with Crippen molar-refractivity contribution >= 4 is 41.6 Å². The van der Waals surface area contributed by atoms with Gasteiger partial charge in [-0.15, -0.1) is 0 Å². The number of benzene rings is 2. The second-order valence-electron chi connectivity index (χ2n) is 9.98. The number of methoxy groups -OCH3 is 1. The molecule has 0 radical (unpaired) electrons. The zero-order valence-corrected chi connectivity index (χ0v) is 24.0. The number of esters is 1. The van der Waals surface area contributed by atoms with Gasteiger partial charge in [-0.3, -0.25) is 40.3 Å². The van der Waals surface area contributed by atoms with E-state index in [-0.39, 0.29) is 6.42 Å². The van der Waals surface area contributed by atoms with Gasteiger partial charge in [-0.25, -0.2) is 15.0 Å². The molecule has 1 heterocycles. The molecule has 43 heavy (non-hydrogen) atoms. The molecule has 1 saturated heterocycles. The van der Waals surface area contributed by atoms with E-state index in [2.05, 4.69) is 31.6 Å². The maximum Gasteiger partial charge on any atom is 0.426 e. The van der Waals surface area contributed by atoms with Gasteiger partial charge in [-0.1, -0.05) is 60.7 Å². The van der Waals surface area contributed by atoms with Gasteiger partial charge in [0.25, 0.3) is 11.8 Å². The van der Waals surface area contributed by atoms with Gasteiger partial charge in [-0.2, -0.15) is 0 Å². The molecule has 6 N–H and O–H groups in total. The molecule has 1 aliphatic rings. The quantitative estimate of drug-likeness (QED) is 0.141. The van der Waals surface area contributed by atoms with Crippen molar-refractivity contribution in [2.24, 2.45) is 0 Å². The SMILES string of the molecule is COC(=O)C(=O)N[C@@H](Cc1ccccc1)C(=O)NNC(=O)OC(C)(C)C.O=C1NNC(=O)[C@H](Cc2ccccc2)NC1=O. The van der Waals surface area contributed by atoms with Crippen LogP contribution in [0.25, 0.3) is 0 Å². The maximum atomic E-state index is 12.3. The molecule has 2 atom stereocenters. The summed E-state index contributed by atoms with van der Waals surface area (Å²) in [6.07, 6.45) is -0.415. The van der Waals surface area contributed by atoms with Crippen molar-refractivity contribution in [2.45, 2.75) is 51.3 Å². The Morgan fingerprint density at radius 1 is 0.837 bits per heavy atom. The number of nitrogens with one attached hydrogen (secondary N) is 6. The van der Waals surface area contributed by atoms with E-state index in [1.807, 2.05) is 35.8 Å². The van der Waals surface area contributed by atoms with E-state index in [9.17, 15) is 33.6 Å². The molecule has 0 bridgehead atoms. The molecule has 3 rings (SSSR count). The minimum absolute atomic E-state index is 0.103. The van der Waals surface area contributed by atoms with Crippen LogP contribution in [0.3, 0.4) is 0 Å². The van der Waals surface area contributed by atoms with Crippen LogP contribution in [0.15, 0.2) is 60.7 Å². The average molecular weight is 599 g/mol. The first-order valence-corrected chi connectivity index (χ1v) is 12.9. The van der Waals surface area contributed by atoms with Gasteiger partial charge in [0.2, 0.25) is 0 Å². The monoisotopic (exact) mass is 598 g/mol. The first-order chi connectivity index (χ1) is 20.3. The zero-order chi connectivity index (χ0) is 32.0. The highest BCUT2D eigenvalue weighted by molar-refractivity contribution is 6.36. The molecular weight excluding hydrogens is 564 g/mol. The van der Waals surface area contributed by atoms with E-state index in [0.717, 1.165) is 18.2 Å².